The number of rotatable bonds is 2. The van der Waals surface area contributed by atoms with Gasteiger partial charge < -0.3 is 0 Å². The Morgan fingerprint density at radius 1 is 1.04 bits per heavy atom. The number of anilines is 1. The molecule has 0 aromatic heterocycles. The van der Waals surface area contributed by atoms with Gasteiger partial charge in [-0.2, -0.15) is 0 Å². The number of likely N-dealkylation sites (tertiary alicyclic amines) is 1. The zero-order valence-corrected chi connectivity index (χ0v) is 13.3. The first-order valence-electron chi connectivity index (χ1n) is 7.99. The van der Waals surface area contributed by atoms with Gasteiger partial charge in [0, 0.05) is 18.2 Å². The van der Waals surface area contributed by atoms with Gasteiger partial charge >= 0.3 is 0 Å². The van der Waals surface area contributed by atoms with Gasteiger partial charge in [-0.05, 0) is 38.8 Å². The number of hydrogen-bond donors (Lipinski definition) is 0. The number of hydrogen-bond acceptors (Lipinski definition) is 3. The summed E-state index contributed by atoms with van der Waals surface area (Å²) in [4.78, 5) is 28.1. The molecule has 3 atom stereocenters. The molecular formula is C17H20F2N2O2. The van der Waals surface area contributed by atoms with Crippen LogP contribution in [-0.2, 0) is 9.59 Å². The summed E-state index contributed by atoms with van der Waals surface area (Å²) in [5, 5.41) is 0. The third kappa shape index (κ3) is 2.76. The van der Waals surface area contributed by atoms with E-state index in [1.165, 1.54) is 6.07 Å². The Morgan fingerprint density at radius 3 is 2.30 bits per heavy atom. The van der Waals surface area contributed by atoms with Crippen LogP contribution in [-0.4, -0.2) is 34.8 Å². The van der Waals surface area contributed by atoms with E-state index in [0.717, 1.165) is 36.3 Å². The molecule has 0 saturated carbocycles. The molecule has 2 fully saturated rings. The molecule has 23 heavy (non-hydrogen) atoms. The smallest absolute Gasteiger partial charge is 0.251 e. The number of piperidine rings is 1. The molecule has 124 valence electrons. The highest BCUT2D eigenvalue weighted by atomic mass is 19.2. The normalized spacial score (nSPS) is 29.4. The molecule has 2 saturated heterocycles. The van der Waals surface area contributed by atoms with Crippen molar-refractivity contribution in [2.45, 2.75) is 57.7 Å². The second-order valence-electron chi connectivity index (χ2n) is 6.46. The van der Waals surface area contributed by atoms with Crippen LogP contribution in [0.4, 0.5) is 14.5 Å². The summed E-state index contributed by atoms with van der Waals surface area (Å²) in [6.45, 7) is 4.13. The molecule has 0 radical (unpaired) electrons. The van der Waals surface area contributed by atoms with E-state index in [9.17, 15) is 18.4 Å². The Kier molecular flexibility index (Phi) is 4.19. The van der Waals surface area contributed by atoms with Crippen molar-refractivity contribution in [2.75, 3.05) is 4.90 Å². The van der Waals surface area contributed by atoms with Gasteiger partial charge in [0.05, 0.1) is 18.2 Å². The van der Waals surface area contributed by atoms with Gasteiger partial charge in [-0.15, -0.1) is 0 Å². The SMILES string of the molecule is C[C@@H]1CCC[C@@H](C)N1[C@@H]1CC(=O)N(c2ccc(F)c(F)c2)C1=O. The zero-order chi connectivity index (χ0) is 16.7. The second kappa shape index (κ2) is 6.00. The molecule has 2 aliphatic rings. The van der Waals surface area contributed by atoms with E-state index in [0.29, 0.717) is 0 Å². The zero-order valence-electron chi connectivity index (χ0n) is 13.3. The minimum absolute atomic E-state index is 0.0898. The molecule has 0 bridgehead atoms. The maximum Gasteiger partial charge on any atom is 0.251 e. The van der Waals surface area contributed by atoms with Crippen molar-refractivity contribution >= 4 is 17.5 Å². The van der Waals surface area contributed by atoms with E-state index in [-0.39, 0.29) is 36.0 Å². The van der Waals surface area contributed by atoms with Crippen LogP contribution >= 0.6 is 0 Å². The summed E-state index contributed by atoms with van der Waals surface area (Å²) in [6.07, 6.45) is 3.19. The van der Waals surface area contributed by atoms with Gasteiger partial charge in [0.25, 0.3) is 5.91 Å². The van der Waals surface area contributed by atoms with Crippen LogP contribution in [0.2, 0.25) is 0 Å². The lowest BCUT2D eigenvalue weighted by molar-refractivity contribution is -0.124. The molecule has 0 N–H and O–H groups in total. The predicted octanol–water partition coefficient (Wildman–Crippen LogP) is 2.86. The molecule has 3 rings (SSSR count). The Labute approximate surface area is 134 Å². The van der Waals surface area contributed by atoms with Crippen molar-refractivity contribution < 1.29 is 18.4 Å². The van der Waals surface area contributed by atoms with E-state index in [4.69, 9.17) is 0 Å². The van der Waals surface area contributed by atoms with E-state index in [2.05, 4.69) is 18.7 Å². The summed E-state index contributed by atoms with van der Waals surface area (Å²) < 4.78 is 26.5. The van der Waals surface area contributed by atoms with Crippen LogP contribution in [0.5, 0.6) is 0 Å². The third-order valence-electron chi connectivity index (χ3n) is 4.91. The molecule has 0 unspecified atom stereocenters. The first kappa shape index (κ1) is 16.1. The molecule has 4 nitrogen and oxygen atoms in total. The Morgan fingerprint density at radius 2 is 1.70 bits per heavy atom. The van der Waals surface area contributed by atoms with E-state index < -0.39 is 17.7 Å². The van der Waals surface area contributed by atoms with Crippen molar-refractivity contribution in [3.05, 3.63) is 29.8 Å². The number of carbonyl (C=O) groups excluding carboxylic acids is 2. The lowest BCUT2D eigenvalue weighted by Gasteiger charge is -2.41. The lowest BCUT2D eigenvalue weighted by atomic mass is 9.94. The van der Waals surface area contributed by atoms with Crippen molar-refractivity contribution in [2.24, 2.45) is 0 Å². The maximum absolute atomic E-state index is 13.4. The second-order valence-corrected chi connectivity index (χ2v) is 6.46. The monoisotopic (exact) mass is 322 g/mol. The molecule has 1 aromatic carbocycles. The van der Waals surface area contributed by atoms with Gasteiger partial charge in [0.15, 0.2) is 11.6 Å². The van der Waals surface area contributed by atoms with Crippen LogP contribution < -0.4 is 4.90 Å². The summed E-state index contributed by atoms with van der Waals surface area (Å²) in [7, 11) is 0. The summed E-state index contributed by atoms with van der Waals surface area (Å²) in [5.41, 5.74) is 0.0960. The quantitative estimate of drug-likeness (QED) is 0.786. The summed E-state index contributed by atoms with van der Waals surface area (Å²) in [6, 6.07) is 3.04. The average molecular weight is 322 g/mol. The standard InChI is InChI=1S/C17H20F2N2O2/c1-10-4-3-5-11(2)20(10)15-9-16(22)21(17(15)23)12-6-7-13(18)14(19)8-12/h6-8,10-11,15H,3-5,9H2,1-2H3/t10-,11-,15-/m1/s1. The molecule has 1 aromatic rings. The first-order valence-corrected chi connectivity index (χ1v) is 7.99. The number of benzene rings is 1. The number of carbonyl (C=O) groups is 2. The highest BCUT2D eigenvalue weighted by molar-refractivity contribution is 6.22. The molecular weight excluding hydrogens is 302 g/mol. The Hall–Kier alpha value is -1.82. The average Bonchev–Trinajstić information content (AvgIpc) is 2.77. The van der Waals surface area contributed by atoms with Gasteiger partial charge in [0.1, 0.15) is 0 Å². The minimum atomic E-state index is -1.06. The van der Waals surface area contributed by atoms with Crippen molar-refractivity contribution in [1.82, 2.24) is 4.90 Å². The topological polar surface area (TPSA) is 40.6 Å². The molecule has 2 heterocycles. The van der Waals surface area contributed by atoms with Crippen LogP contribution in [0.1, 0.15) is 39.5 Å². The number of imide groups is 1. The van der Waals surface area contributed by atoms with Gasteiger partial charge in [0.2, 0.25) is 5.91 Å². The molecule has 2 aliphatic heterocycles. The number of amides is 2. The molecule has 0 aliphatic carbocycles. The minimum Gasteiger partial charge on any atom is -0.286 e. The highest BCUT2D eigenvalue weighted by Crippen LogP contribution is 2.32. The van der Waals surface area contributed by atoms with E-state index in [1.54, 1.807) is 0 Å². The Balaban J connectivity index is 1.89. The number of halogens is 2. The fourth-order valence-corrected chi connectivity index (χ4v) is 3.80. The van der Waals surface area contributed by atoms with Crippen LogP contribution in [0, 0.1) is 11.6 Å². The number of nitrogens with zero attached hydrogens (tertiary/aromatic N) is 2. The first-order chi connectivity index (χ1) is 10.9. The van der Waals surface area contributed by atoms with Gasteiger partial charge in [-0.25, -0.2) is 13.7 Å². The molecule has 0 spiro atoms. The largest absolute Gasteiger partial charge is 0.286 e. The van der Waals surface area contributed by atoms with Gasteiger partial charge in [-0.1, -0.05) is 6.42 Å². The van der Waals surface area contributed by atoms with Crippen LogP contribution in [0.25, 0.3) is 0 Å². The highest BCUT2D eigenvalue weighted by Gasteiger charge is 2.46. The molecule has 6 heteroatoms. The lowest BCUT2D eigenvalue weighted by Crippen LogP contribution is -2.52. The summed E-state index contributed by atoms with van der Waals surface area (Å²) in [5.74, 6) is -2.77. The van der Waals surface area contributed by atoms with E-state index in [1.807, 2.05) is 0 Å². The van der Waals surface area contributed by atoms with Crippen LogP contribution in [0.15, 0.2) is 18.2 Å². The van der Waals surface area contributed by atoms with Gasteiger partial charge in [-0.3, -0.25) is 14.5 Å². The Bertz CT molecular complexity index is 639. The van der Waals surface area contributed by atoms with Crippen molar-refractivity contribution in [1.29, 1.82) is 0 Å². The predicted molar refractivity (Wildman–Crippen MR) is 81.9 cm³/mol. The fraction of sp³-hybridized carbons (Fsp3) is 0.529. The van der Waals surface area contributed by atoms with Crippen LogP contribution in [0.3, 0.4) is 0 Å². The maximum atomic E-state index is 13.4. The molecule has 2 amide bonds. The summed E-state index contributed by atoms with van der Waals surface area (Å²) >= 11 is 0. The van der Waals surface area contributed by atoms with E-state index >= 15 is 0 Å². The van der Waals surface area contributed by atoms with Crippen molar-refractivity contribution in [3.63, 3.8) is 0 Å². The van der Waals surface area contributed by atoms with Crippen molar-refractivity contribution in [3.8, 4) is 0 Å². The third-order valence-corrected chi connectivity index (χ3v) is 4.91. The fourth-order valence-electron chi connectivity index (χ4n) is 3.80.